The minimum absolute atomic E-state index is 0.0249. The van der Waals surface area contributed by atoms with E-state index in [0.717, 1.165) is 17.3 Å². The summed E-state index contributed by atoms with van der Waals surface area (Å²) in [6.45, 7) is 3.23. The van der Waals surface area contributed by atoms with Crippen molar-refractivity contribution < 1.29 is 14.0 Å². The molecular formula is C20H18FN5O3S. The van der Waals surface area contributed by atoms with Crippen molar-refractivity contribution >= 4 is 35.0 Å². The van der Waals surface area contributed by atoms with Crippen LogP contribution in [-0.4, -0.2) is 32.7 Å². The number of aromatic nitrogens is 3. The summed E-state index contributed by atoms with van der Waals surface area (Å²) in [5, 5.41) is 13.4. The van der Waals surface area contributed by atoms with E-state index in [0.29, 0.717) is 16.9 Å². The highest BCUT2D eigenvalue weighted by molar-refractivity contribution is 7.99. The highest BCUT2D eigenvalue weighted by Crippen LogP contribution is 2.25. The molecule has 0 atom stereocenters. The molecule has 0 saturated heterocycles. The molecular weight excluding hydrogens is 409 g/mol. The number of amides is 2. The average Bonchev–Trinajstić information content (AvgIpc) is 2.69. The van der Waals surface area contributed by atoms with Crippen LogP contribution >= 0.6 is 11.8 Å². The minimum atomic E-state index is -0.497. The van der Waals surface area contributed by atoms with Crippen molar-refractivity contribution in [1.82, 2.24) is 15.2 Å². The molecule has 0 aliphatic carbocycles. The van der Waals surface area contributed by atoms with Crippen LogP contribution in [0.2, 0.25) is 0 Å². The van der Waals surface area contributed by atoms with E-state index in [1.807, 2.05) is 6.92 Å². The molecule has 1 aromatic heterocycles. The van der Waals surface area contributed by atoms with Crippen LogP contribution in [0.25, 0.3) is 11.3 Å². The van der Waals surface area contributed by atoms with Gasteiger partial charge in [0.05, 0.1) is 11.4 Å². The Morgan fingerprint density at radius 2 is 1.83 bits per heavy atom. The minimum Gasteiger partial charge on any atom is -0.326 e. The van der Waals surface area contributed by atoms with E-state index in [-0.39, 0.29) is 28.4 Å². The molecule has 30 heavy (non-hydrogen) atoms. The van der Waals surface area contributed by atoms with Crippen LogP contribution in [-0.2, 0) is 9.59 Å². The predicted octanol–water partition coefficient (Wildman–Crippen LogP) is 2.97. The number of aryl methyl sites for hydroxylation is 1. The van der Waals surface area contributed by atoms with Gasteiger partial charge in [-0.25, -0.2) is 4.39 Å². The summed E-state index contributed by atoms with van der Waals surface area (Å²) < 4.78 is 12.9. The van der Waals surface area contributed by atoms with E-state index in [9.17, 15) is 18.8 Å². The number of hydrogen-bond acceptors (Lipinski definition) is 6. The molecule has 8 nitrogen and oxygen atoms in total. The van der Waals surface area contributed by atoms with E-state index >= 15 is 0 Å². The average molecular weight is 427 g/mol. The lowest BCUT2D eigenvalue weighted by atomic mass is 10.1. The summed E-state index contributed by atoms with van der Waals surface area (Å²) in [6, 6.07) is 10.6. The largest absolute Gasteiger partial charge is 0.326 e. The molecule has 0 saturated carbocycles. The van der Waals surface area contributed by atoms with E-state index in [1.165, 1.54) is 31.2 Å². The molecule has 3 rings (SSSR count). The van der Waals surface area contributed by atoms with Crippen molar-refractivity contribution in [3.63, 3.8) is 0 Å². The van der Waals surface area contributed by atoms with Gasteiger partial charge in [-0.2, -0.15) is 0 Å². The zero-order valence-corrected chi connectivity index (χ0v) is 17.0. The van der Waals surface area contributed by atoms with Gasteiger partial charge >= 0.3 is 0 Å². The maximum absolute atomic E-state index is 12.9. The monoisotopic (exact) mass is 427 g/mol. The molecule has 2 aromatic carbocycles. The summed E-state index contributed by atoms with van der Waals surface area (Å²) in [4.78, 5) is 38.6. The highest BCUT2D eigenvalue weighted by Gasteiger charge is 2.14. The Bertz CT molecular complexity index is 1150. The molecule has 2 amide bonds. The second-order valence-corrected chi connectivity index (χ2v) is 7.35. The third-order valence-electron chi connectivity index (χ3n) is 3.89. The van der Waals surface area contributed by atoms with Crippen LogP contribution in [0.5, 0.6) is 0 Å². The lowest BCUT2D eigenvalue weighted by molar-refractivity contribution is -0.114. The number of halogens is 1. The van der Waals surface area contributed by atoms with Gasteiger partial charge in [-0.15, -0.1) is 10.2 Å². The smallest absolute Gasteiger partial charge is 0.278 e. The van der Waals surface area contributed by atoms with Crippen LogP contribution in [0.4, 0.5) is 15.8 Å². The zero-order chi connectivity index (χ0) is 21.7. The Hall–Kier alpha value is -3.53. The van der Waals surface area contributed by atoms with Crippen molar-refractivity contribution in [3.8, 4) is 11.3 Å². The molecule has 0 unspecified atom stereocenters. The predicted molar refractivity (Wildman–Crippen MR) is 113 cm³/mol. The van der Waals surface area contributed by atoms with Crippen molar-refractivity contribution in [1.29, 1.82) is 0 Å². The number of aromatic amines is 1. The topological polar surface area (TPSA) is 117 Å². The van der Waals surface area contributed by atoms with Crippen LogP contribution < -0.4 is 16.2 Å². The molecule has 1 heterocycles. The van der Waals surface area contributed by atoms with E-state index < -0.39 is 11.4 Å². The number of rotatable bonds is 6. The Kier molecular flexibility index (Phi) is 6.58. The Morgan fingerprint density at radius 3 is 2.50 bits per heavy atom. The van der Waals surface area contributed by atoms with E-state index in [4.69, 9.17) is 0 Å². The van der Waals surface area contributed by atoms with Crippen LogP contribution in [0.3, 0.4) is 0 Å². The molecule has 0 radical (unpaired) electrons. The number of carbonyl (C=O) groups is 2. The zero-order valence-electron chi connectivity index (χ0n) is 16.2. The standard InChI is InChI=1S/C20H18FN5O3S/c1-11-3-8-16(22-12(2)27)15(9-11)18-19(29)24-20(26-25-18)30-10-17(28)23-14-6-4-13(21)5-7-14/h3-9H,10H2,1-2H3,(H,22,27)(H,23,28)(H,24,26,29). The summed E-state index contributed by atoms with van der Waals surface area (Å²) in [6.07, 6.45) is 0. The Balaban J connectivity index is 1.72. The molecule has 154 valence electrons. The normalized spacial score (nSPS) is 10.5. The first kappa shape index (κ1) is 21.2. The van der Waals surface area contributed by atoms with Crippen LogP contribution in [0.15, 0.2) is 52.4 Å². The maximum Gasteiger partial charge on any atom is 0.278 e. The lowest BCUT2D eigenvalue weighted by Gasteiger charge is -2.10. The van der Waals surface area contributed by atoms with Gasteiger partial charge < -0.3 is 10.6 Å². The van der Waals surface area contributed by atoms with Gasteiger partial charge in [-0.3, -0.25) is 19.4 Å². The number of anilines is 2. The van der Waals surface area contributed by atoms with Crippen LogP contribution in [0.1, 0.15) is 12.5 Å². The highest BCUT2D eigenvalue weighted by atomic mass is 32.2. The van der Waals surface area contributed by atoms with Gasteiger partial charge in [0.15, 0.2) is 10.9 Å². The molecule has 0 fully saturated rings. The number of H-pyrrole nitrogens is 1. The number of carbonyl (C=O) groups excluding carboxylic acids is 2. The number of hydrogen-bond donors (Lipinski definition) is 3. The van der Waals surface area contributed by atoms with Crippen LogP contribution in [0, 0.1) is 12.7 Å². The number of nitrogens with one attached hydrogen (secondary N) is 3. The van der Waals surface area contributed by atoms with Gasteiger partial charge in [-0.1, -0.05) is 23.4 Å². The van der Waals surface area contributed by atoms with Crippen molar-refractivity contribution in [2.45, 2.75) is 19.0 Å². The summed E-state index contributed by atoms with van der Waals surface area (Å²) in [5.41, 5.74) is 1.81. The molecule has 0 aliphatic rings. The molecule has 0 bridgehead atoms. The van der Waals surface area contributed by atoms with Gasteiger partial charge in [0.25, 0.3) is 5.56 Å². The summed E-state index contributed by atoms with van der Waals surface area (Å²) >= 11 is 1.00. The first-order valence-corrected chi connectivity index (χ1v) is 9.84. The molecule has 10 heteroatoms. The quantitative estimate of drug-likeness (QED) is 0.521. The third kappa shape index (κ3) is 5.51. The lowest BCUT2D eigenvalue weighted by Crippen LogP contribution is -2.18. The van der Waals surface area contributed by atoms with Gasteiger partial charge in [0, 0.05) is 18.2 Å². The molecule has 0 spiro atoms. The fourth-order valence-electron chi connectivity index (χ4n) is 2.58. The van der Waals surface area contributed by atoms with Gasteiger partial charge in [0.2, 0.25) is 11.8 Å². The molecule has 3 N–H and O–H groups in total. The summed E-state index contributed by atoms with van der Waals surface area (Å²) in [5.74, 6) is -1.04. The Labute approximate surface area is 175 Å². The number of thioether (sulfide) groups is 1. The number of benzene rings is 2. The number of nitrogens with zero attached hydrogens (tertiary/aromatic N) is 2. The molecule has 0 aliphatic heterocycles. The third-order valence-corrected chi connectivity index (χ3v) is 4.75. The fraction of sp³-hybridized carbons (Fsp3) is 0.150. The van der Waals surface area contributed by atoms with Crippen molar-refractivity contribution in [2.24, 2.45) is 0 Å². The van der Waals surface area contributed by atoms with Crippen molar-refractivity contribution in [2.75, 3.05) is 16.4 Å². The van der Waals surface area contributed by atoms with Gasteiger partial charge in [0.1, 0.15) is 5.82 Å². The second-order valence-electron chi connectivity index (χ2n) is 6.38. The van der Waals surface area contributed by atoms with Gasteiger partial charge in [-0.05, 0) is 43.3 Å². The Morgan fingerprint density at radius 1 is 1.10 bits per heavy atom. The maximum atomic E-state index is 12.9. The van der Waals surface area contributed by atoms with E-state index in [1.54, 1.807) is 18.2 Å². The SMILES string of the molecule is CC(=O)Nc1ccc(C)cc1-c1nnc(SCC(=O)Nc2ccc(F)cc2)[nH]c1=O. The van der Waals surface area contributed by atoms with E-state index in [2.05, 4.69) is 25.8 Å². The van der Waals surface area contributed by atoms with Crippen molar-refractivity contribution in [3.05, 3.63) is 64.2 Å². The second kappa shape index (κ2) is 9.31. The molecule has 3 aromatic rings. The first-order chi connectivity index (χ1) is 14.3. The fourth-order valence-corrected chi connectivity index (χ4v) is 3.18. The summed E-state index contributed by atoms with van der Waals surface area (Å²) in [7, 11) is 0. The first-order valence-electron chi connectivity index (χ1n) is 8.85.